The minimum atomic E-state index is 0.646. The minimum absolute atomic E-state index is 0.646. The van der Waals surface area contributed by atoms with Crippen molar-refractivity contribution in [3.63, 3.8) is 0 Å². The Kier molecular flexibility index (Phi) is 19.6. The first-order chi connectivity index (χ1) is 5.83. The van der Waals surface area contributed by atoms with Crippen LogP contribution in [0.1, 0.15) is 6.42 Å². The Morgan fingerprint density at radius 1 is 1.08 bits per heavy atom. The molecule has 0 aliphatic rings. The second kappa shape index (κ2) is 16.8. The van der Waals surface area contributed by atoms with Crippen LogP contribution in [0.2, 0.25) is 0 Å². The summed E-state index contributed by atoms with van der Waals surface area (Å²) in [6, 6.07) is 0. The van der Waals surface area contributed by atoms with Crippen LogP contribution in [0, 0.1) is 20.5 Å². The Balaban J connectivity index is 0. The van der Waals surface area contributed by atoms with Gasteiger partial charge in [-0.2, -0.15) is 0 Å². The van der Waals surface area contributed by atoms with Gasteiger partial charge in [0.1, 0.15) is 0 Å². The molecule has 0 atom stereocenters. The summed E-state index contributed by atoms with van der Waals surface area (Å²) in [5.74, 6) is 0. The Morgan fingerprint density at radius 3 is 1.67 bits per heavy atom. The molecule has 2 N–H and O–H groups in total. The summed E-state index contributed by atoms with van der Waals surface area (Å²) >= 11 is 0.646. The number of nitriles is 2. The van der Waals surface area contributed by atoms with Gasteiger partial charge in [-0.1, -0.05) is 0 Å². The Labute approximate surface area is 80.1 Å². The van der Waals surface area contributed by atoms with Crippen LogP contribution in [0.15, 0.2) is 0 Å². The van der Waals surface area contributed by atoms with E-state index in [0.717, 1.165) is 13.1 Å². The monoisotopic (exact) mass is 217 g/mol. The molecule has 0 radical (unpaired) electrons. The van der Waals surface area contributed by atoms with E-state index in [9.17, 15) is 0 Å². The fraction of sp³-hybridized carbons (Fsp3) is 0.714. The molecule has 5 heteroatoms. The van der Waals surface area contributed by atoms with Crippen molar-refractivity contribution >= 4 is 0 Å². The van der Waals surface area contributed by atoms with Crippen molar-refractivity contribution in [1.82, 2.24) is 10.6 Å². The number of nitrogens with one attached hydrogen (secondary N) is 2. The normalized spacial score (nSPS) is 7.67. The van der Waals surface area contributed by atoms with Crippen LogP contribution in [0.4, 0.5) is 0 Å². The number of hydrogen-bond acceptors (Lipinski definition) is 4. The summed E-state index contributed by atoms with van der Waals surface area (Å²) in [6.07, 6.45) is 1.22. The molecule has 0 amide bonds. The average molecular weight is 218 g/mol. The zero-order chi connectivity index (χ0) is 9.66. The van der Waals surface area contributed by atoms with Gasteiger partial charge in [0.05, 0.1) is 0 Å². The van der Waals surface area contributed by atoms with Crippen molar-refractivity contribution in [3.05, 3.63) is 0 Å². The van der Waals surface area contributed by atoms with Crippen molar-refractivity contribution in [2.45, 2.75) is 6.42 Å². The molecule has 12 heavy (non-hydrogen) atoms. The van der Waals surface area contributed by atoms with Gasteiger partial charge in [-0.15, -0.1) is 0 Å². The Hall–Kier alpha value is -0.581. The molecule has 0 fully saturated rings. The standard InChI is InChI=1S/C5H14N2.2CN.Cu/c1-6-4-3-5-7-2;2*1-2;/h6-7H,3-5H2,1-2H3;;;. The van der Waals surface area contributed by atoms with Gasteiger partial charge in [-0.25, -0.2) is 0 Å². The first-order valence-electron chi connectivity index (χ1n) is 3.46. The fourth-order valence-electron chi connectivity index (χ4n) is 0.457. The molecular formula is C7H14CuN4. The van der Waals surface area contributed by atoms with E-state index in [0.29, 0.717) is 15.0 Å². The van der Waals surface area contributed by atoms with Crippen molar-refractivity contribution in [2.24, 2.45) is 0 Å². The van der Waals surface area contributed by atoms with Crippen LogP contribution >= 0.6 is 0 Å². The van der Waals surface area contributed by atoms with Gasteiger partial charge >= 0.3 is 35.4 Å². The third-order valence-corrected chi connectivity index (χ3v) is 1.13. The van der Waals surface area contributed by atoms with Gasteiger partial charge in [-0.05, 0) is 33.6 Å². The average Bonchev–Trinajstić information content (AvgIpc) is 2.08. The van der Waals surface area contributed by atoms with E-state index in [1.54, 1.807) is 9.94 Å². The molecule has 4 nitrogen and oxygen atoms in total. The third-order valence-electron chi connectivity index (χ3n) is 0.921. The number of rotatable bonds is 4. The Bertz CT molecular complexity index is 130. The molecular weight excluding hydrogens is 204 g/mol. The van der Waals surface area contributed by atoms with E-state index >= 15 is 0 Å². The second-order valence-electron chi connectivity index (χ2n) is 1.77. The summed E-state index contributed by atoms with van der Waals surface area (Å²) in [4.78, 5) is 3.12. The van der Waals surface area contributed by atoms with Crippen molar-refractivity contribution in [2.75, 3.05) is 27.2 Å². The molecule has 0 saturated heterocycles. The molecule has 0 rings (SSSR count). The molecule has 0 aliphatic heterocycles. The molecule has 0 unspecified atom stereocenters. The van der Waals surface area contributed by atoms with E-state index in [2.05, 4.69) is 10.6 Å². The maximum absolute atomic E-state index is 7.55. The second-order valence-corrected chi connectivity index (χ2v) is 2.43. The molecule has 0 heterocycles. The Morgan fingerprint density at radius 2 is 1.50 bits per heavy atom. The van der Waals surface area contributed by atoms with Gasteiger partial charge in [-0.3, -0.25) is 0 Å². The maximum atomic E-state index is 7.55. The van der Waals surface area contributed by atoms with Gasteiger partial charge in [0.25, 0.3) is 0 Å². The van der Waals surface area contributed by atoms with Crippen molar-refractivity contribution in [3.8, 4) is 9.94 Å². The molecule has 0 aromatic rings. The van der Waals surface area contributed by atoms with Gasteiger partial charge in [0, 0.05) is 0 Å². The summed E-state index contributed by atoms with van der Waals surface area (Å²) in [7, 11) is 3.94. The quantitative estimate of drug-likeness (QED) is 0.508. The van der Waals surface area contributed by atoms with Crippen LogP contribution in [-0.4, -0.2) is 27.2 Å². The van der Waals surface area contributed by atoms with E-state index in [4.69, 9.17) is 10.5 Å². The van der Waals surface area contributed by atoms with Crippen molar-refractivity contribution in [1.29, 1.82) is 10.5 Å². The topological polar surface area (TPSA) is 71.6 Å². The molecule has 0 bridgehead atoms. The summed E-state index contributed by atoms with van der Waals surface area (Å²) in [6.45, 7) is 2.22. The first-order valence-corrected chi connectivity index (χ1v) is 4.40. The molecule has 0 aromatic heterocycles. The van der Waals surface area contributed by atoms with E-state index in [1.807, 2.05) is 14.1 Å². The van der Waals surface area contributed by atoms with E-state index in [-0.39, 0.29) is 0 Å². The molecule has 0 aromatic carbocycles. The van der Waals surface area contributed by atoms with Crippen LogP contribution in [0.5, 0.6) is 0 Å². The zero-order valence-corrected chi connectivity index (χ0v) is 8.26. The van der Waals surface area contributed by atoms with Crippen LogP contribution in [0.3, 0.4) is 0 Å². The van der Waals surface area contributed by atoms with Crippen LogP contribution in [-0.2, 0) is 15.0 Å². The van der Waals surface area contributed by atoms with E-state index in [1.165, 1.54) is 6.42 Å². The fourth-order valence-corrected chi connectivity index (χ4v) is 0.504. The summed E-state index contributed by atoms with van der Waals surface area (Å²) < 4.78 is 0. The summed E-state index contributed by atoms with van der Waals surface area (Å²) in [5.41, 5.74) is 0. The molecule has 73 valence electrons. The van der Waals surface area contributed by atoms with Gasteiger partial charge in [0.15, 0.2) is 0 Å². The molecule has 0 aliphatic carbocycles. The first kappa shape index (κ1) is 14.0. The predicted octanol–water partition coefficient (Wildman–Crippen LogP) is -0.154. The molecule has 0 spiro atoms. The van der Waals surface area contributed by atoms with Gasteiger partial charge < -0.3 is 10.6 Å². The van der Waals surface area contributed by atoms with Gasteiger partial charge in [0.2, 0.25) is 0 Å². The van der Waals surface area contributed by atoms with E-state index < -0.39 is 0 Å². The predicted molar refractivity (Wildman–Crippen MR) is 43.7 cm³/mol. The molecule has 0 saturated carbocycles. The SMILES string of the molecule is CNCCCNC.N#[C][Cu][C]#N. The van der Waals surface area contributed by atoms with Crippen LogP contribution < -0.4 is 10.6 Å². The zero-order valence-electron chi connectivity index (χ0n) is 7.32. The van der Waals surface area contributed by atoms with Crippen molar-refractivity contribution < 1.29 is 15.0 Å². The number of hydrogen-bond donors (Lipinski definition) is 2. The summed E-state index contributed by atoms with van der Waals surface area (Å²) in [5, 5.41) is 21.2. The van der Waals surface area contributed by atoms with Crippen LogP contribution in [0.25, 0.3) is 0 Å². The number of nitrogens with zero attached hydrogens (tertiary/aromatic N) is 2. The third kappa shape index (κ3) is 22.7.